The molecule has 12 heteroatoms. The number of hydrogen-bond donors (Lipinski definition) is 4. The van der Waals surface area contributed by atoms with Crippen LogP contribution in [0.2, 0.25) is 5.02 Å². The Morgan fingerprint density at radius 1 is 1.16 bits per heavy atom. The normalized spacial score (nSPS) is 19.6. The van der Waals surface area contributed by atoms with Crippen LogP contribution in [0, 0.1) is 17.6 Å². The molecule has 0 fully saturated rings. The van der Waals surface area contributed by atoms with Gasteiger partial charge in [0.15, 0.2) is 10.9 Å². The van der Waals surface area contributed by atoms with Gasteiger partial charge in [-0.2, -0.15) is 0 Å². The van der Waals surface area contributed by atoms with Gasteiger partial charge in [0.05, 0.1) is 28.0 Å². The quantitative estimate of drug-likeness (QED) is 0.139. The molecule has 3 unspecified atom stereocenters. The Balaban J connectivity index is 1.50. The Bertz CT molecular complexity index is 1670. The van der Waals surface area contributed by atoms with Gasteiger partial charge in [0.25, 0.3) is 0 Å². The van der Waals surface area contributed by atoms with Crippen molar-refractivity contribution in [3.8, 4) is 11.1 Å². The van der Waals surface area contributed by atoms with Crippen LogP contribution in [0.3, 0.4) is 0 Å². The number of aliphatic hydroxyl groups is 1. The fourth-order valence-corrected chi connectivity index (χ4v) is 6.20. The van der Waals surface area contributed by atoms with Crippen LogP contribution in [-0.2, 0) is 9.59 Å². The molecule has 0 aliphatic carbocycles. The Morgan fingerprint density at radius 3 is 2.69 bits per heavy atom. The maximum absolute atomic E-state index is 14.8. The summed E-state index contributed by atoms with van der Waals surface area (Å²) in [7, 11) is 0. The second-order valence-electron chi connectivity index (χ2n) is 11.4. The summed E-state index contributed by atoms with van der Waals surface area (Å²) < 4.78 is 29.4. The summed E-state index contributed by atoms with van der Waals surface area (Å²) in [6.45, 7) is 3.68. The van der Waals surface area contributed by atoms with E-state index in [0.717, 1.165) is 36.1 Å². The first-order chi connectivity index (χ1) is 21.5. The molecule has 0 saturated carbocycles. The largest absolute Gasteiger partial charge is 0.374 e. The molecule has 3 heterocycles. The Labute approximate surface area is 270 Å². The van der Waals surface area contributed by atoms with Crippen LogP contribution in [0.15, 0.2) is 54.7 Å². The van der Waals surface area contributed by atoms with Gasteiger partial charge in [-0.25, -0.2) is 8.78 Å². The highest BCUT2D eigenvalue weighted by atomic mass is 35.5. The van der Waals surface area contributed by atoms with Gasteiger partial charge in [-0.05, 0) is 85.9 Å². The lowest BCUT2D eigenvalue weighted by molar-refractivity contribution is -0.129. The number of nitrogens with one attached hydrogen (secondary N) is 3. The average Bonchev–Trinajstić information content (AvgIpc) is 2.99. The molecular formula is C33H34ClF2N5O3S. The maximum atomic E-state index is 14.8. The van der Waals surface area contributed by atoms with E-state index in [0.29, 0.717) is 29.9 Å². The predicted molar refractivity (Wildman–Crippen MR) is 175 cm³/mol. The molecule has 45 heavy (non-hydrogen) atoms. The van der Waals surface area contributed by atoms with Crippen LogP contribution in [0.25, 0.3) is 16.7 Å². The molecule has 4 N–H and O–H groups in total. The number of amides is 2. The van der Waals surface area contributed by atoms with E-state index in [-0.39, 0.29) is 52.0 Å². The molecule has 2 aliphatic rings. The van der Waals surface area contributed by atoms with Crippen molar-refractivity contribution in [2.45, 2.75) is 58.2 Å². The van der Waals surface area contributed by atoms with Gasteiger partial charge >= 0.3 is 0 Å². The number of carbonyl (C=O) groups excluding carboxylic acids is 2. The topological polar surface area (TPSA) is 107 Å². The van der Waals surface area contributed by atoms with Gasteiger partial charge in [0.1, 0.15) is 12.0 Å². The minimum absolute atomic E-state index is 0.118. The number of halogens is 3. The standard InChI is InChI=1S/C33H34ClF2N5O3S/c1-18-5-3-4-6-28(41-14-12-21(16-29(41)43)30-25(35)10-9-24(34)31(30)36)27-15-20(11-13-37-27)23-8-7-22(17-26(23)40-32(18)44)39-33(45)38-19(2)42/h7-11,13,15-19,28,42H,3-6,12,14H2,1-2H3,(H,40,44)(H2,38,39,45). The number of nitrogens with zero attached hydrogens (tertiary/aromatic N) is 2. The van der Waals surface area contributed by atoms with Crippen molar-refractivity contribution >= 4 is 57.7 Å². The highest BCUT2D eigenvalue weighted by Gasteiger charge is 2.31. The van der Waals surface area contributed by atoms with Gasteiger partial charge in [-0.1, -0.05) is 37.4 Å². The van der Waals surface area contributed by atoms with Crippen LogP contribution in [0.5, 0.6) is 0 Å². The fourth-order valence-electron chi connectivity index (χ4n) is 5.75. The number of aromatic nitrogens is 1. The molecule has 5 rings (SSSR count). The highest BCUT2D eigenvalue weighted by molar-refractivity contribution is 7.80. The van der Waals surface area contributed by atoms with Crippen molar-refractivity contribution in [1.82, 2.24) is 15.2 Å². The number of pyridine rings is 1. The minimum atomic E-state index is -0.879. The van der Waals surface area contributed by atoms with Gasteiger partial charge < -0.3 is 26.0 Å². The third-order valence-electron chi connectivity index (χ3n) is 8.07. The molecule has 2 amide bonds. The molecule has 236 valence electrons. The van der Waals surface area contributed by atoms with Crippen molar-refractivity contribution in [2.75, 3.05) is 17.2 Å². The molecule has 2 aliphatic heterocycles. The summed E-state index contributed by atoms with van der Waals surface area (Å²) in [5, 5.41) is 18.4. The fraction of sp³-hybridized carbons (Fsp3) is 0.333. The van der Waals surface area contributed by atoms with Gasteiger partial charge in [-0.15, -0.1) is 0 Å². The summed E-state index contributed by atoms with van der Waals surface area (Å²) in [6, 6.07) is 11.1. The summed E-state index contributed by atoms with van der Waals surface area (Å²) in [5.41, 5.74) is 3.38. The van der Waals surface area contributed by atoms with E-state index in [1.165, 1.54) is 6.08 Å². The van der Waals surface area contributed by atoms with E-state index >= 15 is 0 Å². The molecule has 3 atom stereocenters. The van der Waals surface area contributed by atoms with E-state index < -0.39 is 23.9 Å². The Hall–Kier alpha value is -3.93. The van der Waals surface area contributed by atoms with Gasteiger partial charge in [-0.3, -0.25) is 14.6 Å². The molecule has 3 aromatic rings. The molecule has 0 saturated heterocycles. The second kappa shape index (κ2) is 14.0. The third-order valence-corrected chi connectivity index (χ3v) is 8.58. The first kappa shape index (κ1) is 32.5. The molecule has 2 bridgehead atoms. The van der Waals surface area contributed by atoms with E-state index in [1.54, 1.807) is 24.1 Å². The van der Waals surface area contributed by atoms with Crippen LogP contribution in [0.1, 0.15) is 63.3 Å². The SMILES string of the molecule is CC(O)NC(=S)Nc1ccc2c(c1)NC(=O)C(C)CCCCC(N1CCC(c3c(F)ccc(Cl)c3F)=CC1=O)c1cc-2ccn1. The average molecular weight is 654 g/mol. The molecular weight excluding hydrogens is 620 g/mol. The second-order valence-corrected chi connectivity index (χ2v) is 12.2. The summed E-state index contributed by atoms with van der Waals surface area (Å²) in [5.74, 6) is -2.39. The highest BCUT2D eigenvalue weighted by Crippen LogP contribution is 2.38. The minimum Gasteiger partial charge on any atom is -0.374 e. The zero-order valence-electron chi connectivity index (χ0n) is 24.9. The number of carbonyl (C=O) groups is 2. The van der Waals surface area contributed by atoms with E-state index in [1.807, 2.05) is 31.2 Å². The zero-order chi connectivity index (χ0) is 32.2. The van der Waals surface area contributed by atoms with E-state index in [9.17, 15) is 23.5 Å². The number of anilines is 2. The summed E-state index contributed by atoms with van der Waals surface area (Å²) in [4.78, 5) is 33.1. The Kier molecular flexibility index (Phi) is 10.1. The van der Waals surface area contributed by atoms with Crippen LogP contribution >= 0.6 is 23.8 Å². The van der Waals surface area contributed by atoms with Gasteiger partial charge in [0.2, 0.25) is 11.8 Å². The molecule has 1 aromatic heterocycles. The van der Waals surface area contributed by atoms with Gasteiger partial charge in [0, 0.05) is 36.0 Å². The number of thiocarbonyl (C=S) groups is 1. The van der Waals surface area contributed by atoms with Crippen molar-refractivity contribution in [3.05, 3.63) is 82.7 Å². The first-order valence-electron chi connectivity index (χ1n) is 14.8. The summed E-state index contributed by atoms with van der Waals surface area (Å²) in [6.07, 6.45) is 5.10. The van der Waals surface area contributed by atoms with E-state index in [4.69, 9.17) is 23.8 Å². The van der Waals surface area contributed by atoms with E-state index in [2.05, 4.69) is 20.9 Å². The van der Waals surface area contributed by atoms with Crippen molar-refractivity contribution in [1.29, 1.82) is 0 Å². The van der Waals surface area contributed by atoms with Crippen molar-refractivity contribution in [3.63, 3.8) is 0 Å². The predicted octanol–water partition coefficient (Wildman–Crippen LogP) is 6.81. The molecule has 0 radical (unpaired) electrons. The lowest BCUT2D eigenvalue weighted by Gasteiger charge is -2.34. The van der Waals surface area contributed by atoms with Crippen molar-refractivity contribution < 1.29 is 23.5 Å². The summed E-state index contributed by atoms with van der Waals surface area (Å²) >= 11 is 11.2. The lowest BCUT2D eigenvalue weighted by atomic mass is 9.94. The molecule has 0 spiro atoms. The molecule has 8 nitrogen and oxygen atoms in total. The number of hydrogen-bond acceptors (Lipinski definition) is 5. The number of fused-ring (bicyclic) bond motifs is 4. The third kappa shape index (κ3) is 7.49. The van der Waals surface area contributed by atoms with Crippen LogP contribution in [-0.4, -0.2) is 44.7 Å². The monoisotopic (exact) mass is 653 g/mol. The zero-order valence-corrected chi connectivity index (χ0v) is 26.4. The first-order valence-corrected chi connectivity index (χ1v) is 15.6. The number of benzene rings is 2. The lowest BCUT2D eigenvalue weighted by Crippen LogP contribution is -2.38. The smallest absolute Gasteiger partial charge is 0.247 e. The Morgan fingerprint density at radius 2 is 1.93 bits per heavy atom. The number of rotatable bonds is 4. The maximum Gasteiger partial charge on any atom is 0.247 e. The van der Waals surface area contributed by atoms with Crippen LogP contribution in [0.4, 0.5) is 20.2 Å². The molecule has 2 aromatic carbocycles. The number of aliphatic hydroxyl groups excluding tert-OH is 1. The van der Waals surface area contributed by atoms with Crippen LogP contribution < -0.4 is 16.0 Å². The van der Waals surface area contributed by atoms with Crippen molar-refractivity contribution in [2.24, 2.45) is 5.92 Å².